The number of carbonyl (C=O) groups excluding carboxylic acids is 2. The SMILES string of the molecule is CCCC(=O)N1CSCC1C(=O)NCCNC. The van der Waals surface area contributed by atoms with Crippen LogP contribution in [0.25, 0.3) is 0 Å². The van der Waals surface area contributed by atoms with Gasteiger partial charge >= 0.3 is 0 Å². The Bertz CT molecular complexity index is 273. The second-order valence-electron chi connectivity index (χ2n) is 4.02. The van der Waals surface area contributed by atoms with E-state index >= 15 is 0 Å². The lowest BCUT2D eigenvalue weighted by Crippen LogP contribution is -2.48. The molecule has 1 fully saturated rings. The van der Waals surface area contributed by atoms with Crippen LogP contribution in [0.15, 0.2) is 0 Å². The van der Waals surface area contributed by atoms with Gasteiger partial charge in [0.05, 0.1) is 5.88 Å². The second kappa shape index (κ2) is 7.55. The van der Waals surface area contributed by atoms with Crippen molar-refractivity contribution in [2.45, 2.75) is 25.8 Å². The van der Waals surface area contributed by atoms with Crippen LogP contribution >= 0.6 is 11.8 Å². The quantitative estimate of drug-likeness (QED) is 0.660. The number of likely N-dealkylation sites (N-methyl/N-ethyl adjacent to an activating group) is 1. The van der Waals surface area contributed by atoms with Crippen LogP contribution in [0, 0.1) is 0 Å². The molecule has 0 aromatic heterocycles. The highest BCUT2D eigenvalue weighted by molar-refractivity contribution is 7.99. The molecule has 5 nitrogen and oxygen atoms in total. The van der Waals surface area contributed by atoms with Crippen LogP contribution in [0.3, 0.4) is 0 Å². The summed E-state index contributed by atoms with van der Waals surface area (Å²) in [6.07, 6.45) is 1.36. The molecular weight excluding hydrogens is 238 g/mol. The molecule has 1 aliphatic heterocycles. The van der Waals surface area contributed by atoms with E-state index in [-0.39, 0.29) is 17.9 Å². The van der Waals surface area contributed by atoms with E-state index in [0.29, 0.717) is 24.6 Å². The van der Waals surface area contributed by atoms with Crippen molar-refractivity contribution in [3.05, 3.63) is 0 Å². The molecule has 1 heterocycles. The van der Waals surface area contributed by atoms with E-state index in [1.165, 1.54) is 0 Å². The molecule has 0 aliphatic carbocycles. The first-order chi connectivity index (χ1) is 8.20. The molecule has 2 amide bonds. The molecule has 0 aromatic carbocycles. The van der Waals surface area contributed by atoms with E-state index in [1.54, 1.807) is 16.7 Å². The number of rotatable bonds is 6. The van der Waals surface area contributed by atoms with E-state index < -0.39 is 0 Å². The van der Waals surface area contributed by atoms with Gasteiger partial charge in [-0.15, -0.1) is 11.8 Å². The van der Waals surface area contributed by atoms with Crippen molar-refractivity contribution in [1.29, 1.82) is 0 Å². The molecule has 0 saturated carbocycles. The molecule has 1 rings (SSSR count). The van der Waals surface area contributed by atoms with Crippen molar-refractivity contribution >= 4 is 23.6 Å². The van der Waals surface area contributed by atoms with Gasteiger partial charge in [0.25, 0.3) is 0 Å². The molecule has 1 aliphatic rings. The summed E-state index contributed by atoms with van der Waals surface area (Å²) in [7, 11) is 1.84. The number of carbonyl (C=O) groups is 2. The molecule has 1 saturated heterocycles. The minimum atomic E-state index is -0.282. The Hall–Kier alpha value is -0.750. The van der Waals surface area contributed by atoms with Crippen LogP contribution in [0.2, 0.25) is 0 Å². The maximum atomic E-state index is 11.9. The monoisotopic (exact) mass is 259 g/mol. The summed E-state index contributed by atoms with van der Waals surface area (Å²) in [5.74, 6) is 1.41. The van der Waals surface area contributed by atoms with Gasteiger partial charge in [0, 0.05) is 25.3 Å². The predicted octanol–water partition coefficient (Wildman–Crippen LogP) is 0.0236. The maximum absolute atomic E-state index is 11.9. The van der Waals surface area contributed by atoms with Crippen LogP contribution < -0.4 is 10.6 Å². The van der Waals surface area contributed by atoms with Crippen molar-refractivity contribution in [2.75, 3.05) is 31.8 Å². The third-order valence-corrected chi connectivity index (χ3v) is 3.66. The maximum Gasteiger partial charge on any atom is 0.243 e. The highest BCUT2D eigenvalue weighted by Crippen LogP contribution is 2.22. The summed E-state index contributed by atoms with van der Waals surface area (Å²) in [4.78, 5) is 25.4. The lowest BCUT2D eigenvalue weighted by atomic mass is 10.2. The number of thioether (sulfide) groups is 1. The molecule has 0 bridgehead atoms. The van der Waals surface area contributed by atoms with E-state index in [2.05, 4.69) is 10.6 Å². The highest BCUT2D eigenvalue weighted by Gasteiger charge is 2.33. The van der Waals surface area contributed by atoms with Crippen LogP contribution in [0.4, 0.5) is 0 Å². The summed E-state index contributed by atoms with van der Waals surface area (Å²) in [6.45, 7) is 3.32. The van der Waals surface area contributed by atoms with Crippen molar-refractivity contribution in [2.24, 2.45) is 0 Å². The number of amides is 2. The van der Waals surface area contributed by atoms with Gasteiger partial charge in [-0.2, -0.15) is 0 Å². The Morgan fingerprint density at radius 3 is 2.82 bits per heavy atom. The van der Waals surface area contributed by atoms with E-state index in [9.17, 15) is 9.59 Å². The zero-order chi connectivity index (χ0) is 12.7. The van der Waals surface area contributed by atoms with Gasteiger partial charge < -0.3 is 15.5 Å². The second-order valence-corrected chi connectivity index (χ2v) is 5.02. The first kappa shape index (κ1) is 14.3. The molecule has 2 N–H and O–H groups in total. The molecule has 1 unspecified atom stereocenters. The Morgan fingerprint density at radius 2 is 2.18 bits per heavy atom. The molecule has 0 spiro atoms. The molecule has 1 atom stereocenters. The number of hydrogen-bond acceptors (Lipinski definition) is 4. The van der Waals surface area contributed by atoms with Gasteiger partial charge in [0.15, 0.2) is 0 Å². The van der Waals surface area contributed by atoms with Crippen molar-refractivity contribution < 1.29 is 9.59 Å². The third kappa shape index (κ3) is 4.20. The fourth-order valence-corrected chi connectivity index (χ4v) is 2.87. The topological polar surface area (TPSA) is 61.4 Å². The minimum absolute atomic E-state index is 0.0327. The van der Waals surface area contributed by atoms with Gasteiger partial charge in [0.2, 0.25) is 11.8 Å². The first-order valence-electron chi connectivity index (χ1n) is 6.00. The lowest BCUT2D eigenvalue weighted by molar-refractivity contribution is -0.138. The normalized spacial score (nSPS) is 19.4. The number of nitrogens with one attached hydrogen (secondary N) is 2. The summed E-state index contributed by atoms with van der Waals surface area (Å²) < 4.78 is 0. The van der Waals surface area contributed by atoms with Crippen molar-refractivity contribution in [1.82, 2.24) is 15.5 Å². The van der Waals surface area contributed by atoms with Crippen molar-refractivity contribution in [3.63, 3.8) is 0 Å². The first-order valence-corrected chi connectivity index (χ1v) is 7.15. The zero-order valence-electron chi connectivity index (χ0n) is 10.5. The van der Waals surface area contributed by atoms with Gasteiger partial charge in [-0.3, -0.25) is 9.59 Å². The zero-order valence-corrected chi connectivity index (χ0v) is 11.3. The van der Waals surface area contributed by atoms with Gasteiger partial charge in [0.1, 0.15) is 6.04 Å². The Labute approximate surface area is 107 Å². The molecule has 0 radical (unpaired) electrons. The Morgan fingerprint density at radius 1 is 1.41 bits per heavy atom. The predicted molar refractivity (Wildman–Crippen MR) is 69.8 cm³/mol. The average Bonchev–Trinajstić information content (AvgIpc) is 2.78. The van der Waals surface area contributed by atoms with Gasteiger partial charge in [-0.05, 0) is 13.5 Å². The minimum Gasteiger partial charge on any atom is -0.353 e. The third-order valence-electron chi connectivity index (χ3n) is 2.64. The molecular formula is C11H21N3O2S. The fraction of sp³-hybridized carbons (Fsp3) is 0.818. The number of nitrogens with zero attached hydrogens (tertiary/aromatic N) is 1. The summed E-state index contributed by atoms with van der Waals surface area (Å²) >= 11 is 1.64. The summed E-state index contributed by atoms with van der Waals surface area (Å²) in [6, 6.07) is -0.282. The van der Waals surface area contributed by atoms with Crippen LogP contribution in [-0.4, -0.2) is 54.5 Å². The van der Waals surface area contributed by atoms with E-state index in [1.807, 2.05) is 14.0 Å². The van der Waals surface area contributed by atoms with Crippen molar-refractivity contribution in [3.8, 4) is 0 Å². The van der Waals surface area contributed by atoms with Crippen LogP contribution in [0.5, 0.6) is 0 Å². The number of hydrogen-bond donors (Lipinski definition) is 2. The smallest absolute Gasteiger partial charge is 0.243 e. The van der Waals surface area contributed by atoms with Gasteiger partial charge in [-0.25, -0.2) is 0 Å². The largest absolute Gasteiger partial charge is 0.353 e. The molecule has 6 heteroatoms. The molecule has 98 valence electrons. The van der Waals surface area contributed by atoms with E-state index in [4.69, 9.17) is 0 Å². The average molecular weight is 259 g/mol. The Kier molecular flexibility index (Phi) is 6.36. The fourth-order valence-electron chi connectivity index (χ4n) is 1.69. The summed E-state index contributed by atoms with van der Waals surface area (Å²) in [5.41, 5.74) is 0. The Balaban J connectivity index is 2.44. The van der Waals surface area contributed by atoms with Gasteiger partial charge in [-0.1, -0.05) is 6.92 Å². The molecule has 0 aromatic rings. The molecule has 17 heavy (non-hydrogen) atoms. The summed E-state index contributed by atoms with van der Waals surface area (Å²) in [5, 5.41) is 5.81. The highest BCUT2D eigenvalue weighted by atomic mass is 32.2. The van der Waals surface area contributed by atoms with Crippen LogP contribution in [-0.2, 0) is 9.59 Å². The van der Waals surface area contributed by atoms with Crippen LogP contribution in [0.1, 0.15) is 19.8 Å². The standard InChI is InChI=1S/C11H21N3O2S/c1-3-4-10(15)14-8-17-7-9(14)11(16)13-6-5-12-2/h9,12H,3-8H2,1-2H3,(H,13,16). The van der Waals surface area contributed by atoms with E-state index in [0.717, 1.165) is 13.0 Å². The lowest BCUT2D eigenvalue weighted by Gasteiger charge is -2.22.